The van der Waals surface area contributed by atoms with Gasteiger partial charge in [0.15, 0.2) is 5.13 Å². The number of hydrogen-bond acceptors (Lipinski definition) is 4. The van der Waals surface area contributed by atoms with Crippen LogP contribution in [-0.4, -0.2) is 24.0 Å². The zero-order valence-electron chi connectivity index (χ0n) is 14.5. The highest BCUT2D eigenvalue weighted by Gasteiger charge is 2.44. The third-order valence-electron chi connectivity index (χ3n) is 5.66. The quantitative estimate of drug-likeness (QED) is 0.853. The van der Waals surface area contributed by atoms with Gasteiger partial charge in [0.2, 0.25) is 5.91 Å². The predicted octanol–water partition coefficient (Wildman–Crippen LogP) is 3.96. The van der Waals surface area contributed by atoms with Gasteiger partial charge in [-0.3, -0.25) is 4.79 Å². The van der Waals surface area contributed by atoms with Crippen LogP contribution in [0.5, 0.6) is 0 Å². The van der Waals surface area contributed by atoms with Gasteiger partial charge in [0.25, 0.3) is 0 Å². The summed E-state index contributed by atoms with van der Waals surface area (Å²) in [6.45, 7) is 2.15. The second-order valence-electron chi connectivity index (χ2n) is 7.34. The summed E-state index contributed by atoms with van der Waals surface area (Å²) in [5, 5.41) is 7.28. The molecular weight excluding hydrogens is 330 g/mol. The van der Waals surface area contributed by atoms with E-state index in [4.69, 9.17) is 0 Å². The molecule has 2 aromatic rings. The maximum absolute atomic E-state index is 13.0. The highest BCUT2D eigenvalue weighted by Crippen LogP contribution is 2.45. The van der Waals surface area contributed by atoms with Crippen molar-refractivity contribution in [2.45, 2.75) is 44.4 Å². The molecule has 1 saturated carbocycles. The largest absolute Gasteiger partial charge is 0.317 e. The number of carbonyl (C=O) groups is 1. The fraction of sp³-hybridized carbons (Fsp3) is 0.500. The fourth-order valence-corrected chi connectivity index (χ4v) is 4.92. The zero-order chi connectivity index (χ0) is 17.1. The van der Waals surface area contributed by atoms with Crippen LogP contribution in [0, 0.1) is 5.41 Å². The minimum atomic E-state index is -0.248. The predicted molar refractivity (Wildman–Crippen MR) is 102 cm³/mol. The van der Waals surface area contributed by atoms with Crippen molar-refractivity contribution in [2.24, 2.45) is 5.41 Å². The standard InChI is InChI=1S/C20H25N3OS/c24-18(20(9-4-10-20)13-15-5-2-1-3-6-15)23-19-22-14-17(25-19)16-7-11-21-12-8-16/h1-3,5-6,14,16,21H,4,7-13H2,(H,22,23,24). The van der Waals surface area contributed by atoms with Crippen LogP contribution in [0.25, 0.3) is 0 Å². The maximum Gasteiger partial charge on any atom is 0.232 e. The van der Waals surface area contributed by atoms with Gasteiger partial charge in [0, 0.05) is 11.1 Å². The van der Waals surface area contributed by atoms with E-state index < -0.39 is 0 Å². The Morgan fingerprint density at radius 3 is 2.68 bits per heavy atom. The van der Waals surface area contributed by atoms with E-state index in [-0.39, 0.29) is 11.3 Å². The van der Waals surface area contributed by atoms with E-state index in [9.17, 15) is 4.79 Å². The number of thiazole rings is 1. The van der Waals surface area contributed by atoms with Crippen molar-refractivity contribution in [1.29, 1.82) is 0 Å². The number of benzene rings is 1. The van der Waals surface area contributed by atoms with Gasteiger partial charge >= 0.3 is 0 Å². The molecule has 1 amide bonds. The van der Waals surface area contributed by atoms with Crippen LogP contribution in [0.1, 0.15) is 48.5 Å². The molecule has 0 atom stereocenters. The summed E-state index contributed by atoms with van der Waals surface area (Å²) >= 11 is 1.65. The molecule has 2 heterocycles. The number of nitrogens with one attached hydrogen (secondary N) is 2. The van der Waals surface area contributed by atoms with E-state index >= 15 is 0 Å². The molecule has 1 aliphatic heterocycles. The summed E-state index contributed by atoms with van der Waals surface area (Å²) < 4.78 is 0. The second-order valence-corrected chi connectivity index (χ2v) is 8.40. The first-order chi connectivity index (χ1) is 12.3. The summed E-state index contributed by atoms with van der Waals surface area (Å²) in [5.74, 6) is 0.736. The summed E-state index contributed by atoms with van der Waals surface area (Å²) in [6.07, 6.45) is 8.19. The number of carbonyl (C=O) groups excluding carboxylic acids is 1. The molecule has 1 aliphatic carbocycles. The smallest absolute Gasteiger partial charge is 0.232 e. The number of nitrogens with zero attached hydrogens (tertiary/aromatic N) is 1. The molecule has 2 fully saturated rings. The van der Waals surface area contributed by atoms with Crippen molar-refractivity contribution < 1.29 is 4.79 Å². The lowest BCUT2D eigenvalue weighted by atomic mass is 9.65. The average molecular weight is 356 g/mol. The van der Waals surface area contributed by atoms with Crippen molar-refractivity contribution in [1.82, 2.24) is 10.3 Å². The third kappa shape index (κ3) is 3.62. The van der Waals surface area contributed by atoms with Gasteiger partial charge in [-0.2, -0.15) is 0 Å². The molecule has 4 rings (SSSR count). The van der Waals surface area contributed by atoms with Gasteiger partial charge in [0.1, 0.15) is 0 Å². The summed E-state index contributed by atoms with van der Waals surface area (Å²) in [4.78, 5) is 18.7. The second kappa shape index (κ2) is 7.26. The van der Waals surface area contributed by atoms with Crippen molar-refractivity contribution >= 4 is 22.4 Å². The number of hydrogen-bond donors (Lipinski definition) is 2. The molecule has 1 aromatic heterocycles. The molecule has 0 bridgehead atoms. The molecule has 2 N–H and O–H groups in total. The first-order valence-corrected chi connectivity index (χ1v) is 10.1. The van der Waals surface area contributed by atoms with Crippen LogP contribution in [0.3, 0.4) is 0 Å². The van der Waals surface area contributed by atoms with Crippen LogP contribution >= 0.6 is 11.3 Å². The molecular formula is C20H25N3OS. The molecule has 4 nitrogen and oxygen atoms in total. The maximum atomic E-state index is 13.0. The topological polar surface area (TPSA) is 54.0 Å². The monoisotopic (exact) mass is 355 g/mol. The van der Waals surface area contributed by atoms with Crippen molar-refractivity contribution in [3.8, 4) is 0 Å². The number of piperidine rings is 1. The van der Waals surface area contributed by atoms with Crippen LogP contribution in [0.15, 0.2) is 36.5 Å². The van der Waals surface area contributed by atoms with Gasteiger partial charge in [-0.05, 0) is 56.7 Å². The van der Waals surface area contributed by atoms with Gasteiger partial charge in [-0.25, -0.2) is 4.98 Å². The van der Waals surface area contributed by atoms with E-state index in [1.165, 1.54) is 10.4 Å². The molecule has 0 radical (unpaired) electrons. The minimum absolute atomic E-state index is 0.147. The molecule has 0 spiro atoms. The van der Waals surface area contributed by atoms with Gasteiger partial charge in [-0.15, -0.1) is 11.3 Å². The molecule has 132 valence electrons. The Balaban J connectivity index is 1.43. The van der Waals surface area contributed by atoms with Crippen LogP contribution < -0.4 is 10.6 Å². The molecule has 1 aromatic carbocycles. The highest BCUT2D eigenvalue weighted by molar-refractivity contribution is 7.15. The van der Waals surface area contributed by atoms with Crippen LogP contribution in [0.4, 0.5) is 5.13 Å². The first kappa shape index (κ1) is 16.7. The number of anilines is 1. The number of aromatic nitrogens is 1. The zero-order valence-corrected chi connectivity index (χ0v) is 15.3. The summed E-state index contributed by atoms with van der Waals surface area (Å²) in [5.41, 5.74) is 0.994. The first-order valence-electron chi connectivity index (χ1n) is 9.27. The Morgan fingerprint density at radius 2 is 2.00 bits per heavy atom. The van der Waals surface area contributed by atoms with Gasteiger partial charge in [0.05, 0.1) is 5.41 Å². The lowest BCUT2D eigenvalue weighted by molar-refractivity contribution is -0.130. The Bertz CT molecular complexity index is 718. The van der Waals surface area contributed by atoms with Crippen molar-refractivity contribution in [2.75, 3.05) is 18.4 Å². The Hall–Kier alpha value is -1.72. The molecule has 2 aliphatic rings. The Kier molecular flexibility index (Phi) is 4.86. The third-order valence-corrected chi connectivity index (χ3v) is 6.74. The summed E-state index contributed by atoms with van der Waals surface area (Å²) in [6, 6.07) is 10.4. The highest BCUT2D eigenvalue weighted by atomic mass is 32.1. The Labute approximate surface area is 153 Å². The number of rotatable bonds is 5. The van der Waals surface area contributed by atoms with Crippen LogP contribution in [0.2, 0.25) is 0 Å². The lowest BCUT2D eigenvalue weighted by Gasteiger charge is -2.40. The van der Waals surface area contributed by atoms with E-state index in [1.807, 2.05) is 24.4 Å². The minimum Gasteiger partial charge on any atom is -0.317 e. The number of amides is 1. The van der Waals surface area contributed by atoms with E-state index in [0.29, 0.717) is 5.92 Å². The normalized spacial score (nSPS) is 20.0. The van der Waals surface area contributed by atoms with Gasteiger partial charge in [-0.1, -0.05) is 36.8 Å². The SMILES string of the molecule is O=C(Nc1ncc(C2CCNCC2)s1)C1(Cc2ccccc2)CCC1. The van der Waals surface area contributed by atoms with Crippen molar-refractivity contribution in [3.63, 3.8) is 0 Å². The van der Waals surface area contributed by atoms with Gasteiger partial charge < -0.3 is 10.6 Å². The van der Waals surface area contributed by atoms with E-state index in [0.717, 1.165) is 56.7 Å². The lowest BCUT2D eigenvalue weighted by Crippen LogP contribution is -2.43. The molecule has 25 heavy (non-hydrogen) atoms. The molecule has 5 heteroatoms. The van der Waals surface area contributed by atoms with Crippen molar-refractivity contribution in [3.05, 3.63) is 47.0 Å². The fourth-order valence-electron chi connectivity index (χ4n) is 3.94. The molecule has 1 saturated heterocycles. The summed E-state index contributed by atoms with van der Waals surface area (Å²) in [7, 11) is 0. The molecule has 0 unspecified atom stereocenters. The average Bonchev–Trinajstić information content (AvgIpc) is 3.08. The van der Waals surface area contributed by atoms with E-state index in [2.05, 4.69) is 27.8 Å². The van der Waals surface area contributed by atoms with Crippen LogP contribution in [-0.2, 0) is 11.2 Å². The Morgan fingerprint density at radius 1 is 1.24 bits per heavy atom. The van der Waals surface area contributed by atoms with E-state index in [1.54, 1.807) is 11.3 Å².